The van der Waals surface area contributed by atoms with Crippen molar-refractivity contribution in [3.8, 4) is 0 Å². The number of fused-ring (bicyclic) bond motifs is 2. The molecule has 1 unspecified atom stereocenters. The van der Waals surface area contributed by atoms with Gasteiger partial charge in [-0.15, -0.1) is 0 Å². The number of nitrogens with zero attached hydrogens (tertiary/aromatic N) is 3. The Bertz CT molecular complexity index is 918. The molecule has 0 bridgehead atoms. The Morgan fingerprint density at radius 3 is 2.61 bits per heavy atom. The molecule has 1 aromatic carbocycles. The minimum absolute atomic E-state index is 0.0158. The number of rotatable bonds is 2. The average molecular weight is 396 g/mol. The van der Waals surface area contributed by atoms with E-state index in [0.717, 1.165) is 74.4 Å². The number of aromatic nitrogens is 2. The Balaban J connectivity index is 1.45. The Labute approximate surface area is 171 Å². The summed E-state index contributed by atoms with van der Waals surface area (Å²) in [6.07, 6.45) is 9.26. The highest BCUT2D eigenvalue weighted by Crippen LogP contribution is 2.48. The molecule has 2 aromatic rings. The van der Waals surface area contributed by atoms with Crippen LogP contribution in [0.3, 0.4) is 0 Å². The van der Waals surface area contributed by atoms with E-state index in [2.05, 4.69) is 9.88 Å². The number of halogens is 1. The van der Waals surface area contributed by atoms with Gasteiger partial charge in [-0.2, -0.15) is 0 Å². The monoisotopic (exact) mass is 395 g/mol. The van der Waals surface area contributed by atoms with Crippen molar-refractivity contribution in [3.63, 3.8) is 0 Å². The van der Waals surface area contributed by atoms with Gasteiger partial charge in [0.25, 0.3) is 0 Å². The highest BCUT2D eigenvalue weighted by Gasteiger charge is 2.51. The summed E-state index contributed by atoms with van der Waals surface area (Å²) in [6.45, 7) is 3.61. The van der Waals surface area contributed by atoms with E-state index in [9.17, 15) is 4.79 Å². The van der Waals surface area contributed by atoms with Gasteiger partial charge in [0.15, 0.2) is 0 Å². The summed E-state index contributed by atoms with van der Waals surface area (Å²) in [5, 5.41) is 0.722. The van der Waals surface area contributed by atoms with Crippen LogP contribution < -0.4 is 0 Å². The first kappa shape index (κ1) is 18.1. The van der Waals surface area contributed by atoms with E-state index < -0.39 is 0 Å². The number of hydrogen-bond acceptors (Lipinski definition) is 3. The third-order valence-corrected chi connectivity index (χ3v) is 7.49. The second-order valence-corrected chi connectivity index (χ2v) is 9.28. The van der Waals surface area contributed by atoms with Crippen LogP contribution in [0.1, 0.15) is 61.2 Å². The van der Waals surface area contributed by atoms with Crippen molar-refractivity contribution in [2.45, 2.75) is 62.7 Å². The molecule has 0 radical (unpaired) electrons. The van der Waals surface area contributed by atoms with E-state index in [4.69, 9.17) is 16.6 Å². The highest BCUT2D eigenvalue weighted by atomic mass is 35.5. The number of amides is 1. The van der Waals surface area contributed by atoms with Crippen molar-refractivity contribution in [1.29, 1.82) is 0 Å². The quantitative estimate of drug-likeness (QED) is 0.758. The molecule has 5 heteroatoms. The fraction of sp³-hybridized carbons (Fsp3) is 0.522. The molecule has 3 aliphatic rings. The predicted octanol–water partition coefficient (Wildman–Crippen LogP) is 4.37. The molecule has 1 amide bonds. The second-order valence-electron chi connectivity index (χ2n) is 8.84. The van der Waals surface area contributed by atoms with Gasteiger partial charge in [0, 0.05) is 29.7 Å². The van der Waals surface area contributed by atoms with Gasteiger partial charge in [-0.1, -0.05) is 30.2 Å². The van der Waals surface area contributed by atoms with Gasteiger partial charge in [0.2, 0.25) is 5.91 Å². The predicted molar refractivity (Wildman–Crippen MR) is 110 cm³/mol. The minimum atomic E-state index is -0.355. The number of carbonyl (C=O) groups excluding carboxylic acids is 1. The first-order valence-electron chi connectivity index (χ1n) is 10.4. The fourth-order valence-corrected chi connectivity index (χ4v) is 5.69. The Morgan fingerprint density at radius 1 is 1.11 bits per heavy atom. The maximum absolute atomic E-state index is 13.8. The largest absolute Gasteiger partial charge is 0.341 e. The van der Waals surface area contributed by atoms with Gasteiger partial charge < -0.3 is 4.90 Å². The van der Waals surface area contributed by atoms with Gasteiger partial charge in [-0.3, -0.25) is 4.79 Å². The van der Waals surface area contributed by atoms with Crippen LogP contribution in [0.4, 0.5) is 0 Å². The van der Waals surface area contributed by atoms with E-state index in [1.54, 1.807) is 0 Å². The summed E-state index contributed by atoms with van der Waals surface area (Å²) in [5.74, 6) is 1.14. The molecule has 28 heavy (non-hydrogen) atoms. The van der Waals surface area contributed by atoms with E-state index >= 15 is 0 Å². The van der Waals surface area contributed by atoms with Crippen LogP contribution in [0.5, 0.6) is 0 Å². The van der Waals surface area contributed by atoms with Crippen molar-refractivity contribution in [2.75, 3.05) is 13.1 Å². The topological polar surface area (TPSA) is 46.1 Å². The van der Waals surface area contributed by atoms with Crippen molar-refractivity contribution in [1.82, 2.24) is 14.9 Å². The van der Waals surface area contributed by atoms with Crippen LogP contribution in [0.25, 0.3) is 0 Å². The van der Waals surface area contributed by atoms with Crippen molar-refractivity contribution >= 4 is 17.5 Å². The molecule has 1 atom stereocenters. The number of carbonyl (C=O) groups is 1. The standard InChI is InChI=1S/C23H26ClN3O/c1-16-25-14-17-8-12-22(20(17)26-16)9-3-13-27(15-22)21(28)23(10-2-11-23)18-4-6-19(24)7-5-18/h4-7,14H,2-3,8-13,15H2,1H3. The number of benzene rings is 1. The average Bonchev–Trinajstić information content (AvgIpc) is 2.99. The molecule has 4 nitrogen and oxygen atoms in total. The maximum atomic E-state index is 13.8. The summed E-state index contributed by atoms with van der Waals surface area (Å²) >= 11 is 6.09. The zero-order valence-corrected chi connectivity index (χ0v) is 17.1. The molecule has 2 heterocycles. The van der Waals surface area contributed by atoms with E-state index in [1.807, 2.05) is 37.4 Å². The Morgan fingerprint density at radius 2 is 1.89 bits per heavy atom. The molecule has 1 saturated carbocycles. The molecule has 0 N–H and O–H groups in total. The number of piperidine rings is 1. The van der Waals surface area contributed by atoms with Crippen LogP contribution in [0.15, 0.2) is 30.5 Å². The van der Waals surface area contributed by atoms with E-state index in [1.165, 1.54) is 11.3 Å². The number of aryl methyl sites for hydroxylation is 2. The Kier molecular flexibility index (Phi) is 4.24. The van der Waals surface area contributed by atoms with Gasteiger partial charge in [0.05, 0.1) is 11.1 Å². The zero-order valence-electron chi connectivity index (χ0n) is 16.4. The molecular formula is C23H26ClN3O. The van der Waals surface area contributed by atoms with E-state index in [-0.39, 0.29) is 10.8 Å². The summed E-state index contributed by atoms with van der Waals surface area (Å²) in [6, 6.07) is 7.91. The lowest BCUT2D eigenvalue weighted by Gasteiger charge is -2.48. The van der Waals surface area contributed by atoms with Gasteiger partial charge >= 0.3 is 0 Å². The minimum Gasteiger partial charge on any atom is -0.341 e. The molecule has 1 spiro atoms. The number of hydrogen-bond donors (Lipinski definition) is 0. The fourth-order valence-electron chi connectivity index (χ4n) is 5.56. The molecule has 1 aromatic heterocycles. The van der Waals surface area contributed by atoms with Crippen LogP contribution in [-0.2, 0) is 22.0 Å². The summed E-state index contributed by atoms with van der Waals surface area (Å²) in [4.78, 5) is 25.1. The molecule has 2 fully saturated rings. The first-order chi connectivity index (χ1) is 13.5. The lowest BCUT2D eigenvalue weighted by Crippen LogP contribution is -2.56. The lowest BCUT2D eigenvalue weighted by atomic mass is 9.63. The van der Waals surface area contributed by atoms with Gasteiger partial charge in [0.1, 0.15) is 5.82 Å². The molecule has 5 rings (SSSR count). The molecule has 1 aliphatic heterocycles. The second kappa shape index (κ2) is 6.55. The van der Waals surface area contributed by atoms with Crippen molar-refractivity contribution in [3.05, 3.63) is 58.1 Å². The van der Waals surface area contributed by atoms with E-state index in [0.29, 0.717) is 5.91 Å². The third-order valence-electron chi connectivity index (χ3n) is 7.24. The molecular weight excluding hydrogens is 370 g/mol. The SMILES string of the molecule is Cc1ncc2c(n1)C1(CCCN(C(=O)C3(c4ccc(Cl)cc4)CCC3)C1)CC2. The maximum Gasteiger partial charge on any atom is 0.233 e. The smallest absolute Gasteiger partial charge is 0.233 e. The van der Waals surface area contributed by atoms with Crippen molar-refractivity contribution < 1.29 is 4.79 Å². The summed E-state index contributed by atoms with van der Waals surface area (Å²) in [7, 11) is 0. The van der Waals surface area contributed by atoms with Gasteiger partial charge in [-0.25, -0.2) is 9.97 Å². The Hall–Kier alpha value is -1.94. The first-order valence-corrected chi connectivity index (χ1v) is 10.8. The van der Waals surface area contributed by atoms with Crippen LogP contribution in [-0.4, -0.2) is 33.9 Å². The highest BCUT2D eigenvalue weighted by molar-refractivity contribution is 6.30. The molecule has 2 aliphatic carbocycles. The van der Waals surface area contributed by atoms with Crippen molar-refractivity contribution in [2.24, 2.45) is 0 Å². The lowest BCUT2D eigenvalue weighted by molar-refractivity contribution is -0.143. The zero-order chi connectivity index (χ0) is 19.4. The normalized spacial score (nSPS) is 25.4. The molecule has 1 saturated heterocycles. The summed E-state index contributed by atoms with van der Waals surface area (Å²) in [5.41, 5.74) is 3.26. The van der Waals surface area contributed by atoms with Crippen LogP contribution in [0.2, 0.25) is 5.02 Å². The summed E-state index contributed by atoms with van der Waals surface area (Å²) < 4.78 is 0. The van der Waals surface area contributed by atoms with Crippen LogP contribution >= 0.6 is 11.6 Å². The molecule has 146 valence electrons. The third kappa shape index (κ3) is 2.68. The van der Waals surface area contributed by atoms with Crippen LogP contribution in [0, 0.1) is 6.92 Å². The number of likely N-dealkylation sites (tertiary alicyclic amines) is 1. The van der Waals surface area contributed by atoms with Gasteiger partial charge in [-0.05, 0) is 68.7 Å².